The molecule has 8 heteroatoms. The fourth-order valence-corrected chi connectivity index (χ4v) is 7.70. The van der Waals surface area contributed by atoms with Gasteiger partial charge in [0.15, 0.2) is 11.0 Å². The molecule has 0 N–H and O–H groups in total. The van der Waals surface area contributed by atoms with Crippen LogP contribution in [0.15, 0.2) is 39.5 Å². The molecular weight excluding hydrogens is 444 g/mol. The summed E-state index contributed by atoms with van der Waals surface area (Å²) in [6.07, 6.45) is 5.48. The first kappa shape index (κ1) is 21.2. The lowest BCUT2D eigenvalue weighted by molar-refractivity contribution is -0.127. The number of thiophene rings is 2. The molecule has 3 aromatic rings. The van der Waals surface area contributed by atoms with Crippen LogP contribution in [0.25, 0.3) is 10.7 Å². The van der Waals surface area contributed by atoms with Crippen molar-refractivity contribution in [3.8, 4) is 10.7 Å². The predicted molar refractivity (Wildman–Crippen MR) is 129 cm³/mol. The van der Waals surface area contributed by atoms with Gasteiger partial charge >= 0.3 is 0 Å². The molecule has 2 aliphatic carbocycles. The molecule has 1 amide bonds. The van der Waals surface area contributed by atoms with Crippen molar-refractivity contribution in [2.24, 2.45) is 17.8 Å². The van der Waals surface area contributed by atoms with Crippen molar-refractivity contribution in [1.29, 1.82) is 0 Å². The van der Waals surface area contributed by atoms with Crippen molar-refractivity contribution in [3.63, 3.8) is 0 Å². The fraction of sp³-hybridized carbons (Fsp3) is 0.522. The summed E-state index contributed by atoms with van der Waals surface area (Å²) in [6, 6.07) is 6.61. The number of carbonyl (C=O) groups is 1. The third-order valence-corrected chi connectivity index (χ3v) is 9.50. The molecule has 3 heterocycles. The Kier molecular flexibility index (Phi) is 6.21. The molecule has 5 rings (SSSR count). The van der Waals surface area contributed by atoms with Crippen molar-refractivity contribution in [2.45, 2.75) is 50.4 Å². The second-order valence-corrected chi connectivity index (χ2v) is 11.6. The summed E-state index contributed by atoms with van der Waals surface area (Å²) in [6.45, 7) is 2.98. The number of aromatic nitrogens is 3. The number of fused-ring (bicyclic) bond motifs is 2. The highest BCUT2D eigenvalue weighted by molar-refractivity contribution is 7.99. The summed E-state index contributed by atoms with van der Waals surface area (Å²) in [7, 11) is 1.88. The van der Waals surface area contributed by atoms with E-state index in [0.29, 0.717) is 24.3 Å². The first-order valence-corrected chi connectivity index (χ1v) is 13.8. The second kappa shape index (κ2) is 9.08. The van der Waals surface area contributed by atoms with Gasteiger partial charge in [-0.2, -0.15) is 11.3 Å². The molecule has 2 bridgehead atoms. The highest BCUT2D eigenvalue weighted by atomic mass is 32.2. The molecule has 5 nitrogen and oxygen atoms in total. The molecule has 2 fully saturated rings. The Morgan fingerprint density at radius 3 is 2.87 bits per heavy atom. The molecule has 4 unspecified atom stereocenters. The Bertz CT molecular complexity index is 1010. The number of hydrogen-bond donors (Lipinski definition) is 0. The first-order chi connectivity index (χ1) is 15.1. The predicted octanol–water partition coefficient (Wildman–Crippen LogP) is 5.82. The lowest BCUT2D eigenvalue weighted by Crippen LogP contribution is -2.28. The van der Waals surface area contributed by atoms with Gasteiger partial charge in [0.05, 0.1) is 10.6 Å². The quantitative estimate of drug-likeness (QED) is 0.388. The van der Waals surface area contributed by atoms with Gasteiger partial charge in [0.25, 0.3) is 0 Å². The topological polar surface area (TPSA) is 51.0 Å². The summed E-state index contributed by atoms with van der Waals surface area (Å²) in [5.41, 5.74) is 1.18. The lowest BCUT2D eigenvalue weighted by atomic mass is 9.84. The van der Waals surface area contributed by atoms with Crippen LogP contribution in [0.5, 0.6) is 0 Å². The standard InChI is InChI=1S/C23H28N4OS3/c1-15(19-11-16-5-6-18(19)10-16)27-22(20-4-3-8-30-20)24-25-23(27)31-14-21(28)26(2)12-17-7-9-29-13-17/h3-4,7-9,13,15-16,18-19H,5-6,10-12,14H2,1-2H3. The minimum atomic E-state index is 0.121. The third-order valence-electron chi connectivity index (χ3n) is 6.98. The van der Waals surface area contributed by atoms with Crippen LogP contribution in [-0.2, 0) is 11.3 Å². The maximum atomic E-state index is 12.8. The van der Waals surface area contributed by atoms with Crippen LogP contribution in [0.4, 0.5) is 0 Å². The molecule has 3 aromatic heterocycles. The highest BCUT2D eigenvalue weighted by Crippen LogP contribution is 2.53. The lowest BCUT2D eigenvalue weighted by Gasteiger charge is -2.30. The van der Waals surface area contributed by atoms with Gasteiger partial charge in [-0.1, -0.05) is 24.2 Å². The van der Waals surface area contributed by atoms with Gasteiger partial charge in [-0.05, 0) is 77.8 Å². The number of thioether (sulfide) groups is 1. The zero-order valence-electron chi connectivity index (χ0n) is 17.9. The number of hydrogen-bond acceptors (Lipinski definition) is 6. The SMILES string of the molecule is CC(C1CC2CCC1C2)n1c(SCC(=O)N(C)Cc2ccsc2)nnc1-c1cccs1. The van der Waals surface area contributed by atoms with Crippen LogP contribution in [0, 0.1) is 17.8 Å². The molecule has 31 heavy (non-hydrogen) atoms. The van der Waals surface area contributed by atoms with Crippen LogP contribution >= 0.6 is 34.4 Å². The molecule has 0 spiro atoms. The summed E-state index contributed by atoms with van der Waals surface area (Å²) >= 11 is 4.89. The van der Waals surface area contributed by atoms with Gasteiger partial charge in [-0.25, -0.2) is 0 Å². The van der Waals surface area contributed by atoms with E-state index in [2.05, 4.69) is 50.6 Å². The summed E-state index contributed by atoms with van der Waals surface area (Å²) < 4.78 is 2.33. The van der Waals surface area contributed by atoms with E-state index in [1.165, 1.54) is 43.0 Å². The number of rotatable bonds is 8. The number of nitrogens with zero attached hydrogens (tertiary/aromatic N) is 4. The van der Waals surface area contributed by atoms with Crippen LogP contribution in [0.3, 0.4) is 0 Å². The molecule has 0 radical (unpaired) electrons. The Hall–Kier alpha value is -1.64. The van der Waals surface area contributed by atoms with Crippen molar-refractivity contribution < 1.29 is 4.79 Å². The Labute approximate surface area is 195 Å². The Morgan fingerprint density at radius 1 is 1.29 bits per heavy atom. The maximum Gasteiger partial charge on any atom is 0.233 e. The number of carbonyl (C=O) groups excluding carboxylic acids is 1. The molecule has 0 aromatic carbocycles. The van der Waals surface area contributed by atoms with E-state index in [4.69, 9.17) is 0 Å². The molecule has 0 saturated heterocycles. The zero-order chi connectivity index (χ0) is 21.4. The van der Waals surface area contributed by atoms with E-state index in [-0.39, 0.29) is 5.91 Å². The van der Waals surface area contributed by atoms with Crippen LogP contribution in [0.2, 0.25) is 0 Å². The molecule has 2 saturated carbocycles. The van der Waals surface area contributed by atoms with Crippen molar-refractivity contribution in [1.82, 2.24) is 19.7 Å². The Balaban J connectivity index is 1.34. The van der Waals surface area contributed by atoms with Crippen molar-refractivity contribution in [2.75, 3.05) is 12.8 Å². The minimum Gasteiger partial charge on any atom is -0.341 e. The third kappa shape index (κ3) is 4.34. The van der Waals surface area contributed by atoms with E-state index >= 15 is 0 Å². The van der Waals surface area contributed by atoms with Crippen molar-refractivity contribution in [3.05, 3.63) is 39.9 Å². The van der Waals surface area contributed by atoms with Gasteiger partial charge < -0.3 is 4.90 Å². The smallest absolute Gasteiger partial charge is 0.233 e. The van der Waals surface area contributed by atoms with Gasteiger partial charge in [0.2, 0.25) is 5.91 Å². The van der Waals surface area contributed by atoms with Gasteiger partial charge in [0.1, 0.15) is 0 Å². The summed E-state index contributed by atoms with van der Waals surface area (Å²) in [5.74, 6) is 3.87. The number of amides is 1. The zero-order valence-corrected chi connectivity index (χ0v) is 20.4. The van der Waals surface area contributed by atoms with Crippen LogP contribution in [-0.4, -0.2) is 38.4 Å². The van der Waals surface area contributed by atoms with Gasteiger partial charge in [-0.15, -0.1) is 21.5 Å². The van der Waals surface area contributed by atoms with E-state index in [1.807, 2.05) is 12.4 Å². The molecular formula is C23H28N4OS3. The molecule has 2 aliphatic rings. The average molecular weight is 473 g/mol. The molecule has 164 valence electrons. The van der Waals surface area contributed by atoms with E-state index in [0.717, 1.165) is 27.7 Å². The average Bonchev–Trinajstić information content (AvgIpc) is 3.58. The van der Waals surface area contributed by atoms with Gasteiger partial charge in [-0.3, -0.25) is 9.36 Å². The van der Waals surface area contributed by atoms with Gasteiger partial charge in [0, 0.05) is 19.6 Å². The molecule has 0 aliphatic heterocycles. The first-order valence-electron chi connectivity index (χ1n) is 11.0. The van der Waals surface area contributed by atoms with E-state index < -0.39 is 0 Å². The second-order valence-electron chi connectivity index (χ2n) is 8.90. The van der Waals surface area contributed by atoms with Crippen LogP contribution < -0.4 is 0 Å². The minimum absolute atomic E-state index is 0.121. The highest BCUT2D eigenvalue weighted by Gasteiger charge is 2.43. The Morgan fingerprint density at radius 2 is 2.19 bits per heavy atom. The monoisotopic (exact) mass is 472 g/mol. The summed E-state index contributed by atoms with van der Waals surface area (Å²) in [5, 5.41) is 16.2. The fourth-order valence-electron chi connectivity index (χ4n) is 5.37. The van der Waals surface area contributed by atoms with Crippen LogP contribution in [0.1, 0.15) is 44.2 Å². The maximum absolute atomic E-state index is 12.8. The van der Waals surface area contributed by atoms with E-state index in [1.54, 1.807) is 27.6 Å². The van der Waals surface area contributed by atoms with Crippen molar-refractivity contribution >= 4 is 40.3 Å². The normalized spacial score (nSPS) is 23.4. The van der Waals surface area contributed by atoms with E-state index in [9.17, 15) is 4.79 Å². The summed E-state index contributed by atoms with van der Waals surface area (Å²) in [4.78, 5) is 15.7. The largest absolute Gasteiger partial charge is 0.341 e. The molecule has 4 atom stereocenters.